The molecule has 0 radical (unpaired) electrons. The summed E-state index contributed by atoms with van der Waals surface area (Å²) in [6, 6.07) is 0. The molecule has 0 amide bonds. The van der Waals surface area contributed by atoms with E-state index in [0.717, 1.165) is 0 Å². The van der Waals surface area contributed by atoms with Gasteiger partial charge in [-0.3, -0.25) is 4.99 Å². The van der Waals surface area contributed by atoms with Crippen molar-refractivity contribution in [3.63, 3.8) is 0 Å². The van der Waals surface area contributed by atoms with Crippen molar-refractivity contribution < 1.29 is 0 Å². The van der Waals surface area contributed by atoms with Crippen molar-refractivity contribution in [1.82, 2.24) is 0 Å². The lowest BCUT2D eigenvalue weighted by Gasteiger charge is -2.16. The number of hydrogen-bond acceptors (Lipinski definition) is 1. The van der Waals surface area contributed by atoms with E-state index >= 15 is 0 Å². The van der Waals surface area contributed by atoms with Gasteiger partial charge in [0.05, 0.1) is 5.54 Å². The highest BCUT2D eigenvalue weighted by Gasteiger charge is 2.09. The molecule has 14 heavy (non-hydrogen) atoms. The molecule has 0 saturated heterocycles. The molecule has 0 fully saturated rings. The molecule has 0 atom stereocenters. The van der Waals surface area contributed by atoms with Crippen LogP contribution in [-0.4, -0.2) is 11.3 Å². The summed E-state index contributed by atoms with van der Waals surface area (Å²) in [5.41, 5.74) is 1.54. The zero-order valence-electron chi connectivity index (χ0n) is 10.7. The summed E-state index contributed by atoms with van der Waals surface area (Å²) in [4.78, 5) is 4.80. The van der Waals surface area contributed by atoms with E-state index in [1.54, 1.807) is 0 Å². The molecular weight excluding hydrogens is 170 g/mol. The van der Waals surface area contributed by atoms with E-state index in [-0.39, 0.29) is 5.54 Å². The number of unbranched alkanes of at least 4 members (excludes halogenated alkanes) is 2. The molecular formula is C13H27N. The summed E-state index contributed by atoms with van der Waals surface area (Å²) in [6.07, 6.45) is 7.53. The van der Waals surface area contributed by atoms with Crippen LogP contribution in [0.4, 0.5) is 0 Å². The lowest BCUT2D eigenvalue weighted by atomic mass is 10.0. The van der Waals surface area contributed by atoms with Gasteiger partial charge >= 0.3 is 0 Å². The fourth-order valence-electron chi connectivity index (χ4n) is 1.47. The molecule has 0 aromatic rings. The van der Waals surface area contributed by atoms with Crippen molar-refractivity contribution in [3.05, 3.63) is 0 Å². The summed E-state index contributed by atoms with van der Waals surface area (Å²) in [7, 11) is 0. The van der Waals surface area contributed by atoms with Crippen LogP contribution >= 0.6 is 0 Å². The molecule has 0 heterocycles. The van der Waals surface area contributed by atoms with Crippen molar-refractivity contribution in [2.24, 2.45) is 4.99 Å². The maximum atomic E-state index is 4.80. The van der Waals surface area contributed by atoms with Gasteiger partial charge in [-0.2, -0.15) is 0 Å². The lowest BCUT2D eigenvalue weighted by Crippen LogP contribution is -2.14. The van der Waals surface area contributed by atoms with E-state index in [0.29, 0.717) is 0 Å². The monoisotopic (exact) mass is 197 g/mol. The van der Waals surface area contributed by atoms with Crippen LogP contribution in [0.2, 0.25) is 0 Å². The molecule has 0 aromatic carbocycles. The van der Waals surface area contributed by atoms with Gasteiger partial charge in [0, 0.05) is 5.71 Å². The first kappa shape index (κ1) is 13.7. The predicted octanol–water partition coefficient (Wildman–Crippen LogP) is 4.61. The van der Waals surface area contributed by atoms with Gasteiger partial charge in [-0.15, -0.1) is 0 Å². The summed E-state index contributed by atoms with van der Waals surface area (Å²) in [5, 5.41) is 0. The third-order valence-electron chi connectivity index (χ3n) is 2.13. The highest BCUT2D eigenvalue weighted by Crippen LogP contribution is 2.13. The minimum atomic E-state index is 0.108. The maximum Gasteiger partial charge on any atom is 0.0523 e. The second-order valence-electron chi connectivity index (χ2n) is 5.06. The Hall–Kier alpha value is -0.330. The van der Waals surface area contributed by atoms with Gasteiger partial charge in [-0.25, -0.2) is 0 Å². The van der Waals surface area contributed by atoms with Crippen LogP contribution in [0, 0.1) is 0 Å². The summed E-state index contributed by atoms with van der Waals surface area (Å²) >= 11 is 0. The minimum Gasteiger partial charge on any atom is -0.288 e. The smallest absolute Gasteiger partial charge is 0.0523 e. The first-order valence-electron chi connectivity index (χ1n) is 6.07. The topological polar surface area (TPSA) is 12.4 Å². The molecule has 0 saturated carbocycles. The molecule has 0 rings (SSSR count). The van der Waals surface area contributed by atoms with Gasteiger partial charge in [0.25, 0.3) is 0 Å². The van der Waals surface area contributed by atoms with Crippen molar-refractivity contribution >= 4 is 5.71 Å². The summed E-state index contributed by atoms with van der Waals surface area (Å²) in [5.74, 6) is 0. The Bertz CT molecular complexity index is 153. The molecule has 0 aliphatic carbocycles. The van der Waals surface area contributed by atoms with Gasteiger partial charge in [0.1, 0.15) is 0 Å². The van der Waals surface area contributed by atoms with Gasteiger partial charge in [-0.1, -0.05) is 26.7 Å². The second-order valence-corrected chi connectivity index (χ2v) is 5.06. The van der Waals surface area contributed by atoms with Crippen LogP contribution in [0.5, 0.6) is 0 Å². The SMILES string of the molecule is CCCCC(CCCC)=NC(C)(C)C. The molecule has 0 aliphatic rings. The first-order chi connectivity index (χ1) is 6.49. The zero-order valence-corrected chi connectivity index (χ0v) is 10.7. The first-order valence-corrected chi connectivity index (χ1v) is 6.07. The molecule has 0 bridgehead atoms. The highest BCUT2D eigenvalue weighted by atomic mass is 14.8. The Labute approximate surface area is 90.0 Å². The molecule has 0 unspecified atom stereocenters. The van der Waals surface area contributed by atoms with E-state index < -0.39 is 0 Å². The van der Waals surface area contributed by atoms with Crippen LogP contribution in [0.1, 0.15) is 73.1 Å². The van der Waals surface area contributed by atoms with Crippen LogP contribution < -0.4 is 0 Å². The summed E-state index contributed by atoms with van der Waals surface area (Å²) < 4.78 is 0. The Morgan fingerprint density at radius 3 is 1.64 bits per heavy atom. The lowest BCUT2D eigenvalue weighted by molar-refractivity contribution is 0.576. The number of rotatable bonds is 6. The van der Waals surface area contributed by atoms with Crippen molar-refractivity contribution in [2.75, 3.05) is 0 Å². The van der Waals surface area contributed by atoms with E-state index in [9.17, 15) is 0 Å². The van der Waals surface area contributed by atoms with E-state index in [2.05, 4.69) is 34.6 Å². The minimum absolute atomic E-state index is 0.108. The Morgan fingerprint density at radius 2 is 1.36 bits per heavy atom. The van der Waals surface area contributed by atoms with Gasteiger partial charge < -0.3 is 0 Å². The van der Waals surface area contributed by atoms with Crippen LogP contribution in [-0.2, 0) is 0 Å². The van der Waals surface area contributed by atoms with Crippen molar-refractivity contribution in [1.29, 1.82) is 0 Å². The van der Waals surface area contributed by atoms with E-state index in [4.69, 9.17) is 4.99 Å². The molecule has 84 valence electrons. The van der Waals surface area contributed by atoms with E-state index in [1.165, 1.54) is 44.2 Å². The Balaban J connectivity index is 4.15. The van der Waals surface area contributed by atoms with Gasteiger partial charge in [0.15, 0.2) is 0 Å². The third-order valence-corrected chi connectivity index (χ3v) is 2.13. The predicted molar refractivity (Wildman–Crippen MR) is 66.2 cm³/mol. The fourth-order valence-corrected chi connectivity index (χ4v) is 1.47. The van der Waals surface area contributed by atoms with Crippen molar-refractivity contribution in [3.8, 4) is 0 Å². The molecule has 0 spiro atoms. The van der Waals surface area contributed by atoms with Crippen molar-refractivity contribution in [2.45, 2.75) is 78.7 Å². The van der Waals surface area contributed by atoms with E-state index in [1.807, 2.05) is 0 Å². The maximum absolute atomic E-state index is 4.80. The second kappa shape index (κ2) is 7.03. The molecule has 1 nitrogen and oxygen atoms in total. The average Bonchev–Trinajstić information content (AvgIpc) is 2.07. The highest BCUT2D eigenvalue weighted by molar-refractivity contribution is 5.84. The quantitative estimate of drug-likeness (QED) is 0.552. The zero-order chi connectivity index (χ0) is 11.0. The molecule has 0 N–H and O–H groups in total. The average molecular weight is 197 g/mol. The third kappa shape index (κ3) is 8.28. The largest absolute Gasteiger partial charge is 0.288 e. The van der Waals surface area contributed by atoms with Crippen LogP contribution in [0.25, 0.3) is 0 Å². The summed E-state index contributed by atoms with van der Waals surface area (Å²) in [6.45, 7) is 11.0. The molecule has 0 aromatic heterocycles. The van der Waals surface area contributed by atoms with Crippen LogP contribution in [0.15, 0.2) is 4.99 Å². The number of nitrogens with zero attached hydrogens (tertiary/aromatic N) is 1. The normalized spacial score (nSPS) is 11.5. The molecule has 0 aliphatic heterocycles. The van der Waals surface area contributed by atoms with Crippen LogP contribution in [0.3, 0.4) is 0 Å². The Kier molecular flexibility index (Phi) is 6.86. The van der Waals surface area contributed by atoms with Gasteiger partial charge in [-0.05, 0) is 46.5 Å². The standard InChI is InChI=1S/C13H27N/c1-6-8-10-12(11-9-7-2)14-13(3,4)5/h6-11H2,1-5H3. The molecule has 1 heteroatoms. The fraction of sp³-hybridized carbons (Fsp3) is 0.923. The number of aliphatic imine (C=N–C) groups is 1. The number of hydrogen-bond donors (Lipinski definition) is 0. The Morgan fingerprint density at radius 1 is 0.929 bits per heavy atom. The van der Waals surface area contributed by atoms with Gasteiger partial charge in [0.2, 0.25) is 0 Å².